The minimum atomic E-state index is -0.0279. The Hall–Kier alpha value is -2.33. The molecule has 1 aliphatic carbocycles. The van der Waals surface area contributed by atoms with Crippen LogP contribution in [0.2, 0.25) is 5.02 Å². The molecule has 1 saturated heterocycles. The van der Waals surface area contributed by atoms with Gasteiger partial charge in [0.15, 0.2) is 0 Å². The molecule has 4 nitrogen and oxygen atoms in total. The number of benzene rings is 1. The zero-order valence-corrected chi connectivity index (χ0v) is 16.1. The number of aromatic amines is 1. The topological polar surface area (TPSA) is 62.0 Å². The second-order valence-corrected chi connectivity index (χ2v) is 7.79. The van der Waals surface area contributed by atoms with Gasteiger partial charge < -0.3 is 10.3 Å². The predicted molar refractivity (Wildman–Crippen MR) is 108 cm³/mol. The summed E-state index contributed by atoms with van der Waals surface area (Å²) in [6, 6.07) is 9.84. The van der Waals surface area contributed by atoms with Gasteiger partial charge in [0, 0.05) is 34.3 Å². The van der Waals surface area contributed by atoms with E-state index in [1.807, 2.05) is 24.3 Å². The molecular weight excluding hydrogens is 360 g/mol. The molecule has 2 aliphatic rings. The van der Waals surface area contributed by atoms with Gasteiger partial charge in [0.25, 0.3) is 5.56 Å². The van der Waals surface area contributed by atoms with E-state index in [-0.39, 0.29) is 17.5 Å². The standard InChI is InChI=1S/C22H23ClN2O2/c1-2-13-11-15(5-8-19(13)23)18(12-16-6-10-21(26)24-16)20-9-7-17(14-3-4-14)22(27)25-20/h5,7-9,11-12,14,16H,2-4,6,10H2,1H3,(H,24,26)(H,25,27)/b18-12-/t16-/m1/s1. The van der Waals surface area contributed by atoms with Gasteiger partial charge in [-0.1, -0.05) is 36.7 Å². The van der Waals surface area contributed by atoms with Gasteiger partial charge >= 0.3 is 0 Å². The molecule has 2 fully saturated rings. The Balaban J connectivity index is 1.78. The molecule has 0 unspecified atom stereocenters. The summed E-state index contributed by atoms with van der Waals surface area (Å²) in [5.41, 5.74) is 4.61. The van der Waals surface area contributed by atoms with Crippen molar-refractivity contribution in [2.75, 3.05) is 0 Å². The molecule has 0 spiro atoms. The number of aromatic nitrogens is 1. The van der Waals surface area contributed by atoms with E-state index in [9.17, 15) is 9.59 Å². The first-order valence-corrected chi connectivity index (χ1v) is 9.96. The third-order valence-corrected chi connectivity index (χ3v) is 5.75. The average molecular weight is 383 g/mol. The van der Waals surface area contributed by atoms with E-state index in [0.717, 1.165) is 58.7 Å². The van der Waals surface area contributed by atoms with E-state index in [1.165, 1.54) is 0 Å². The Morgan fingerprint density at radius 3 is 2.63 bits per heavy atom. The van der Waals surface area contributed by atoms with Gasteiger partial charge in [-0.3, -0.25) is 9.59 Å². The van der Waals surface area contributed by atoms with Gasteiger partial charge in [-0.2, -0.15) is 0 Å². The molecule has 1 saturated carbocycles. The summed E-state index contributed by atoms with van der Waals surface area (Å²) in [5, 5.41) is 3.73. The quantitative estimate of drug-likeness (QED) is 0.814. The molecule has 1 atom stereocenters. The fourth-order valence-corrected chi connectivity index (χ4v) is 3.93. The highest BCUT2D eigenvalue weighted by molar-refractivity contribution is 6.31. The van der Waals surface area contributed by atoms with Crippen molar-refractivity contribution in [2.24, 2.45) is 0 Å². The van der Waals surface area contributed by atoms with Crippen LogP contribution in [0.25, 0.3) is 5.57 Å². The Morgan fingerprint density at radius 1 is 1.19 bits per heavy atom. The lowest BCUT2D eigenvalue weighted by Gasteiger charge is -2.14. The number of carbonyl (C=O) groups excluding carboxylic acids is 1. The molecule has 0 bridgehead atoms. The lowest BCUT2D eigenvalue weighted by Crippen LogP contribution is -2.23. The largest absolute Gasteiger partial charge is 0.350 e. The van der Waals surface area contributed by atoms with E-state index >= 15 is 0 Å². The fourth-order valence-electron chi connectivity index (χ4n) is 3.68. The van der Waals surface area contributed by atoms with Crippen molar-refractivity contribution in [3.63, 3.8) is 0 Å². The van der Waals surface area contributed by atoms with Crippen molar-refractivity contribution in [2.45, 2.75) is 51.0 Å². The highest BCUT2D eigenvalue weighted by atomic mass is 35.5. The minimum absolute atomic E-state index is 0.0129. The van der Waals surface area contributed by atoms with Crippen LogP contribution < -0.4 is 10.9 Å². The van der Waals surface area contributed by atoms with Crippen molar-refractivity contribution >= 4 is 23.1 Å². The van der Waals surface area contributed by atoms with Crippen LogP contribution in [0.15, 0.2) is 41.2 Å². The van der Waals surface area contributed by atoms with Crippen molar-refractivity contribution < 1.29 is 4.79 Å². The maximum absolute atomic E-state index is 12.6. The first kappa shape index (κ1) is 18.1. The van der Waals surface area contributed by atoms with Crippen molar-refractivity contribution in [1.29, 1.82) is 0 Å². The van der Waals surface area contributed by atoms with E-state index in [2.05, 4.69) is 29.4 Å². The third kappa shape index (κ3) is 3.86. The second kappa shape index (κ2) is 7.35. The van der Waals surface area contributed by atoms with Crippen LogP contribution in [0.1, 0.15) is 60.9 Å². The molecule has 5 heteroatoms. The Labute approximate surface area is 163 Å². The number of carbonyl (C=O) groups is 1. The molecule has 1 aromatic carbocycles. The Kier molecular flexibility index (Phi) is 4.92. The molecule has 27 heavy (non-hydrogen) atoms. The van der Waals surface area contributed by atoms with Crippen LogP contribution in [-0.4, -0.2) is 16.9 Å². The lowest BCUT2D eigenvalue weighted by atomic mass is 9.96. The number of hydrogen-bond donors (Lipinski definition) is 2. The normalized spacial score (nSPS) is 20.0. The van der Waals surface area contributed by atoms with Crippen LogP contribution in [0, 0.1) is 0 Å². The number of H-pyrrole nitrogens is 1. The van der Waals surface area contributed by atoms with Crippen LogP contribution in [0.3, 0.4) is 0 Å². The summed E-state index contributed by atoms with van der Waals surface area (Å²) >= 11 is 6.29. The highest BCUT2D eigenvalue weighted by Crippen LogP contribution is 2.38. The number of pyridine rings is 1. The average Bonchev–Trinajstić information content (AvgIpc) is 3.42. The molecule has 2 heterocycles. The summed E-state index contributed by atoms with van der Waals surface area (Å²) in [6.45, 7) is 2.07. The second-order valence-electron chi connectivity index (χ2n) is 7.38. The van der Waals surface area contributed by atoms with E-state index in [0.29, 0.717) is 12.3 Å². The first-order chi connectivity index (χ1) is 13.0. The van der Waals surface area contributed by atoms with Crippen LogP contribution >= 0.6 is 11.6 Å². The van der Waals surface area contributed by atoms with Gasteiger partial charge in [0.2, 0.25) is 5.91 Å². The van der Waals surface area contributed by atoms with Gasteiger partial charge in [-0.15, -0.1) is 0 Å². The number of nitrogens with one attached hydrogen (secondary N) is 2. The molecule has 1 amide bonds. The predicted octanol–water partition coefficient (Wildman–Crippen LogP) is 4.18. The Morgan fingerprint density at radius 2 is 2.00 bits per heavy atom. The zero-order chi connectivity index (χ0) is 19.0. The van der Waals surface area contributed by atoms with Crippen molar-refractivity contribution in [3.05, 3.63) is 74.2 Å². The van der Waals surface area contributed by atoms with E-state index in [1.54, 1.807) is 0 Å². The Bertz CT molecular complexity index is 973. The van der Waals surface area contributed by atoms with Crippen molar-refractivity contribution in [1.82, 2.24) is 10.3 Å². The summed E-state index contributed by atoms with van der Waals surface area (Å²) in [5.74, 6) is 0.477. The summed E-state index contributed by atoms with van der Waals surface area (Å²) < 4.78 is 0. The lowest BCUT2D eigenvalue weighted by molar-refractivity contribution is -0.119. The summed E-state index contributed by atoms with van der Waals surface area (Å²) in [4.78, 5) is 27.2. The van der Waals surface area contributed by atoms with Crippen LogP contribution in [0.4, 0.5) is 0 Å². The SMILES string of the molecule is CCc1cc(/C(=C/[C@H]2CCC(=O)N2)c2ccc(C3CC3)c(=O)[nH]2)ccc1Cl. The van der Waals surface area contributed by atoms with Crippen LogP contribution in [-0.2, 0) is 11.2 Å². The molecule has 0 radical (unpaired) electrons. The summed E-state index contributed by atoms with van der Waals surface area (Å²) in [6.07, 6.45) is 6.37. The number of aryl methyl sites for hydroxylation is 1. The number of hydrogen-bond acceptors (Lipinski definition) is 2. The zero-order valence-electron chi connectivity index (χ0n) is 15.3. The minimum Gasteiger partial charge on any atom is -0.350 e. The number of amides is 1. The monoisotopic (exact) mass is 382 g/mol. The van der Waals surface area contributed by atoms with E-state index in [4.69, 9.17) is 11.6 Å². The van der Waals surface area contributed by atoms with Gasteiger partial charge in [-0.05, 0) is 60.9 Å². The molecule has 2 N–H and O–H groups in total. The third-order valence-electron chi connectivity index (χ3n) is 5.38. The van der Waals surface area contributed by atoms with Crippen LogP contribution in [0.5, 0.6) is 0 Å². The maximum atomic E-state index is 12.6. The molecule has 140 valence electrons. The first-order valence-electron chi connectivity index (χ1n) is 9.58. The highest BCUT2D eigenvalue weighted by Gasteiger charge is 2.26. The number of rotatable bonds is 5. The molecule has 2 aromatic rings. The molecule has 1 aromatic heterocycles. The van der Waals surface area contributed by atoms with Gasteiger partial charge in [-0.25, -0.2) is 0 Å². The van der Waals surface area contributed by atoms with Gasteiger partial charge in [0.1, 0.15) is 0 Å². The van der Waals surface area contributed by atoms with E-state index < -0.39 is 0 Å². The van der Waals surface area contributed by atoms with Crippen molar-refractivity contribution in [3.8, 4) is 0 Å². The smallest absolute Gasteiger partial charge is 0.251 e. The molecule has 1 aliphatic heterocycles. The van der Waals surface area contributed by atoms with Gasteiger partial charge in [0.05, 0.1) is 0 Å². The number of halogens is 1. The molecular formula is C22H23ClN2O2. The summed E-state index contributed by atoms with van der Waals surface area (Å²) in [7, 11) is 0. The fraction of sp³-hybridized carbons (Fsp3) is 0.364. The molecule has 4 rings (SSSR count). The maximum Gasteiger partial charge on any atom is 0.251 e.